The molecule has 7 heteroatoms. The molecule has 142 valence electrons. The van der Waals surface area contributed by atoms with Gasteiger partial charge in [-0.2, -0.15) is 0 Å². The first-order chi connectivity index (χ1) is 13.1. The minimum absolute atomic E-state index is 0.0354. The number of esters is 2. The highest BCUT2D eigenvalue weighted by Gasteiger charge is 2.26. The van der Waals surface area contributed by atoms with Gasteiger partial charge in [-0.15, -0.1) is 0 Å². The first-order valence-electron chi connectivity index (χ1n) is 8.48. The molecule has 0 aliphatic rings. The highest BCUT2D eigenvalue weighted by Crippen LogP contribution is 2.06. The van der Waals surface area contributed by atoms with Crippen molar-refractivity contribution in [3.8, 4) is 0 Å². The SMILES string of the molecule is NCC(=O)NC(CC(=O)OCc1ccccc1)C(=O)OCc1ccccc1. The Hall–Kier alpha value is -3.19. The number of carbonyl (C=O) groups excluding carboxylic acids is 3. The van der Waals surface area contributed by atoms with Gasteiger partial charge in [0.15, 0.2) is 0 Å². The zero-order valence-corrected chi connectivity index (χ0v) is 14.8. The molecule has 0 aromatic heterocycles. The van der Waals surface area contributed by atoms with E-state index in [1.807, 2.05) is 48.5 Å². The predicted octanol–water partition coefficient (Wildman–Crippen LogP) is 1.31. The fraction of sp³-hybridized carbons (Fsp3) is 0.250. The fourth-order valence-corrected chi connectivity index (χ4v) is 2.24. The van der Waals surface area contributed by atoms with Gasteiger partial charge in [-0.05, 0) is 11.1 Å². The first-order valence-corrected chi connectivity index (χ1v) is 8.48. The van der Waals surface area contributed by atoms with Crippen LogP contribution in [0.5, 0.6) is 0 Å². The summed E-state index contributed by atoms with van der Waals surface area (Å²) < 4.78 is 10.4. The van der Waals surface area contributed by atoms with Gasteiger partial charge < -0.3 is 20.5 Å². The number of carbonyl (C=O) groups is 3. The zero-order chi connectivity index (χ0) is 19.5. The monoisotopic (exact) mass is 370 g/mol. The molecule has 2 aromatic carbocycles. The summed E-state index contributed by atoms with van der Waals surface area (Å²) in [4.78, 5) is 35.9. The lowest BCUT2D eigenvalue weighted by molar-refractivity contribution is -0.155. The van der Waals surface area contributed by atoms with Crippen LogP contribution in [0.4, 0.5) is 0 Å². The number of nitrogens with one attached hydrogen (secondary N) is 1. The minimum Gasteiger partial charge on any atom is -0.461 e. The maximum atomic E-state index is 12.3. The van der Waals surface area contributed by atoms with Crippen molar-refractivity contribution in [3.63, 3.8) is 0 Å². The maximum absolute atomic E-state index is 12.3. The number of hydrogen-bond donors (Lipinski definition) is 2. The molecule has 7 nitrogen and oxygen atoms in total. The predicted molar refractivity (Wildman–Crippen MR) is 98.1 cm³/mol. The Morgan fingerprint density at radius 1 is 0.852 bits per heavy atom. The topological polar surface area (TPSA) is 108 Å². The van der Waals surface area contributed by atoms with Crippen LogP contribution in [0.2, 0.25) is 0 Å². The molecule has 0 spiro atoms. The van der Waals surface area contributed by atoms with Crippen LogP contribution in [-0.4, -0.2) is 30.4 Å². The summed E-state index contributed by atoms with van der Waals surface area (Å²) in [5.41, 5.74) is 6.88. The van der Waals surface area contributed by atoms with E-state index < -0.39 is 23.9 Å². The molecule has 0 radical (unpaired) electrons. The summed E-state index contributed by atoms with van der Waals surface area (Å²) in [7, 11) is 0. The average molecular weight is 370 g/mol. The maximum Gasteiger partial charge on any atom is 0.329 e. The van der Waals surface area contributed by atoms with Gasteiger partial charge in [0.2, 0.25) is 5.91 Å². The molecule has 0 saturated carbocycles. The third kappa shape index (κ3) is 7.29. The fourth-order valence-electron chi connectivity index (χ4n) is 2.24. The van der Waals surface area contributed by atoms with Gasteiger partial charge in [-0.25, -0.2) is 4.79 Å². The van der Waals surface area contributed by atoms with E-state index in [1.54, 1.807) is 12.1 Å². The van der Waals surface area contributed by atoms with E-state index in [-0.39, 0.29) is 26.2 Å². The van der Waals surface area contributed by atoms with Crippen molar-refractivity contribution in [1.29, 1.82) is 0 Å². The van der Waals surface area contributed by atoms with Crippen LogP contribution in [0, 0.1) is 0 Å². The standard InChI is InChI=1S/C20H22N2O5/c21-12-18(23)22-17(20(25)27-14-16-9-5-2-6-10-16)11-19(24)26-13-15-7-3-1-4-8-15/h1-10,17H,11-14,21H2,(H,22,23). The van der Waals surface area contributed by atoms with Crippen LogP contribution in [0.25, 0.3) is 0 Å². The Morgan fingerprint density at radius 2 is 1.37 bits per heavy atom. The van der Waals surface area contributed by atoms with E-state index in [2.05, 4.69) is 5.32 Å². The van der Waals surface area contributed by atoms with Crippen LogP contribution < -0.4 is 11.1 Å². The Balaban J connectivity index is 1.90. The van der Waals surface area contributed by atoms with E-state index in [4.69, 9.17) is 15.2 Å². The van der Waals surface area contributed by atoms with Crippen LogP contribution >= 0.6 is 0 Å². The smallest absolute Gasteiger partial charge is 0.329 e. The number of benzene rings is 2. The lowest BCUT2D eigenvalue weighted by Gasteiger charge is -2.17. The molecule has 1 atom stereocenters. The Morgan fingerprint density at radius 3 is 1.89 bits per heavy atom. The third-order valence-electron chi connectivity index (χ3n) is 3.64. The van der Waals surface area contributed by atoms with Crippen LogP contribution in [-0.2, 0) is 37.1 Å². The molecular weight excluding hydrogens is 348 g/mol. The minimum atomic E-state index is -1.16. The van der Waals surface area contributed by atoms with E-state index in [9.17, 15) is 14.4 Å². The molecule has 2 aromatic rings. The Bertz CT molecular complexity index is 749. The van der Waals surface area contributed by atoms with Gasteiger partial charge in [-0.1, -0.05) is 60.7 Å². The highest BCUT2D eigenvalue weighted by molar-refractivity contribution is 5.88. The molecule has 27 heavy (non-hydrogen) atoms. The lowest BCUT2D eigenvalue weighted by atomic mass is 10.2. The van der Waals surface area contributed by atoms with E-state index >= 15 is 0 Å². The summed E-state index contributed by atoms with van der Waals surface area (Å²) in [6.45, 7) is -0.189. The normalized spacial score (nSPS) is 11.3. The van der Waals surface area contributed by atoms with Crippen molar-refractivity contribution in [2.75, 3.05) is 6.54 Å². The number of rotatable bonds is 9. The van der Waals surface area contributed by atoms with Gasteiger partial charge >= 0.3 is 11.9 Å². The molecule has 3 N–H and O–H groups in total. The van der Waals surface area contributed by atoms with Gasteiger partial charge in [-0.3, -0.25) is 9.59 Å². The summed E-state index contributed by atoms with van der Waals surface area (Å²) in [6, 6.07) is 17.1. The molecule has 0 saturated heterocycles. The number of amides is 1. The van der Waals surface area contributed by atoms with E-state index in [0.29, 0.717) is 0 Å². The Kier molecular flexibility index (Phi) is 7.99. The van der Waals surface area contributed by atoms with E-state index in [0.717, 1.165) is 11.1 Å². The van der Waals surface area contributed by atoms with Crippen LogP contribution in [0.15, 0.2) is 60.7 Å². The summed E-state index contributed by atoms with van der Waals surface area (Å²) in [5.74, 6) is -1.91. The zero-order valence-electron chi connectivity index (χ0n) is 14.8. The molecular formula is C20H22N2O5. The van der Waals surface area contributed by atoms with Gasteiger partial charge in [0.25, 0.3) is 0 Å². The summed E-state index contributed by atoms with van der Waals surface area (Å²) >= 11 is 0. The molecule has 0 aliphatic heterocycles. The largest absolute Gasteiger partial charge is 0.461 e. The molecule has 0 aliphatic carbocycles. The quantitative estimate of drug-likeness (QED) is 0.645. The van der Waals surface area contributed by atoms with Gasteiger partial charge in [0.05, 0.1) is 13.0 Å². The number of hydrogen-bond acceptors (Lipinski definition) is 6. The molecule has 1 unspecified atom stereocenters. The lowest BCUT2D eigenvalue weighted by Crippen LogP contribution is -2.45. The highest BCUT2D eigenvalue weighted by atomic mass is 16.5. The molecule has 0 heterocycles. The number of ether oxygens (including phenoxy) is 2. The van der Waals surface area contributed by atoms with Crippen LogP contribution in [0.1, 0.15) is 17.5 Å². The Labute approximate surface area is 157 Å². The van der Waals surface area contributed by atoms with Crippen molar-refractivity contribution in [1.82, 2.24) is 5.32 Å². The summed E-state index contributed by atoms with van der Waals surface area (Å²) in [6.07, 6.45) is -0.341. The second-order valence-corrected chi connectivity index (χ2v) is 5.77. The van der Waals surface area contributed by atoms with Crippen LogP contribution in [0.3, 0.4) is 0 Å². The average Bonchev–Trinajstić information content (AvgIpc) is 2.71. The molecule has 2 rings (SSSR count). The van der Waals surface area contributed by atoms with Gasteiger partial charge in [0, 0.05) is 0 Å². The summed E-state index contributed by atoms with van der Waals surface area (Å²) in [5, 5.41) is 2.39. The van der Waals surface area contributed by atoms with Crippen molar-refractivity contribution < 1.29 is 23.9 Å². The van der Waals surface area contributed by atoms with Crippen molar-refractivity contribution >= 4 is 17.8 Å². The molecule has 0 fully saturated rings. The van der Waals surface area contributed by atoms with Crippen molar-refractivity contribution in [3.05, 3.63) is 71.8 Å². The third-order valence-corrected chi connectivity index (χ3v) is 3.64. The second-order valence-electron chi connectivity index (χ2n) is 5.77. The second kappa shape index (κ2) is 10.7. The molecule has 1 amide bonds. The molecule has 0 bridgehead atoms. The van der Waals surface area contributed by atoms with Crippen molar-refractivity contribution in [2.24, 2.45) is 5.73 Å². The van der Waals surface area contributed by atoms with Gasteiger partial charge in [0.1, 0.15) is 19.3 Å². The van der Waals surface area contributed by atoms with Crippen molar-refractivity contribution in [2.45, 2.75) is 25.7 Å². The first kappa shape index (κ1) is 20.1. The van der Waals surface area contributed by atoms with E-state index in [1.165, 1.54) is 0 Å². The number of nitrogens with two attached hydrogens (primary N) is 1.